The molecule has 2 bridgehead atoms. The Bertz CT molecular complexity index is 1440. The van der Waals surface area contributed by atoms with E-state index in [9.17, 15) is 14.7 Å². The Morgan fingerprint density at radius 1 is 1.20 bits per heavy atom. The van der Waals surface area contributed by atoms with E-state index >= 15 is 0 Å². The molecule has 2 aromatic rings. The van der Waals surface area contributed by atoms with Crippen LogP contribution in [-0.2, 0) is 21.0 Å². The summed E-state index contributed by atoms with van der Waals surface area (Å²) in [6.45, 7) is 11.3. The molecular formula is C36H53N5O5. The molecule has 1 saturated heterocycles. The smallest absolute Gasteiger partial charge is 0.277 e. The number of carbonyl (C=O) groups is 2. The lowest BCUT2D eigenvalue weighted by molar-refractivity contribution is -0.175. The van der Waals surface area contributed by atoms with E-state index in [-0.39, 0.29) is 24.4 Å². The van der Waals surface area contributed by atoms with Crippen molar-refractivity contribution in [2.75, 3.05) is 39.7 Å². The van der Waals surface area contributed by atoms with Gasteiger partial charge in [-0.25, -0.2) is 5.06 Å². The van der Waals surface area contributed by atoms with Crippen LogP contribution in [0, 0.1) is 36.0 Å². The average Bonchev–Trinajstić information content (AvgIpc) is 3.40. The molecule has 4 aliphatic rings. The maximum atomic E-state index is 14.1. The number of carbonyl (C=O) groups excluding carboxylic acids is 2. The van der Waals surface area contributed by atoms with Gasteiger partial charge in [0.15, 0.2) is 0 Å². The number of nitrogens with one attached hydrogen (secondary N) is 1. The van der Waals surface area contributed by atoms with Crippen LogP contribution in [0.5, 0.6) is 0 Å². The van der Waals surface area contributed by atoms with E-state index in [4.69, 9.17) is 15.4 Å². The van der Waals surface area contributed by atoms with Crippen molar-refractivity contribution >= 4 is 17.5 Å². The van der Waals surface area contributed by atoms with Crippen molar-refractivity contribution in [2.45, 2.75) is 78.3 Å². The van der Waals surface area contributed by atoms with Crippen molar-refractivity contribution in [1.29, 1.82) is 0 Å². The predicted molar refractivity (Wildman–Crippen MR) is 180 cm³/mol. The minimum Gasteiger partial charge on any atom is -0.393 e. The summed E-state index contributed by atoms with van der Waals surface area (Å²) in [6, 6.07) is 11.2. The molecule has 2 aromatic carbocycles. The van der Waals surface area contributed by atoms with E-state index in [2.05, 4.69) is 32.2 Å². The summed E-state index contributed by atoms with van der Waals surface area (Å²) in [7, 11) is 6.94. The SMILES string of the molecule is CON(C)C(=O)c1cc(-c2cccc(CN3O[C@@H](CN)[C@@H]([C@H](C)O)[C@H]3C(=O)N[C@H]3C[C@@H]4C[C@H]([C@@H]3C)C4(C)C)c2C)cc(N(C)C)c1. The highest BCUT2D eigenvalue weighted by atomic mass is 16.7. The lowest BCUT2D eigenvalue weighted by Gasteiger charge is -2.62. The number of fused-ring (bicyclic) bond motifs is 2. The van der Waals surface area contributed by atoms with Gasteiger partial charge in [-0.1, -0.05) is 39.0 Å². The van der Waals surface area contributed by atoms with Crippen molar-refractivity contribution in [3.8, 4) is 11.1 Å². The molecule has 1 aliphatic heterocycles. The minimum absolute atomic E-state index is 0.0980. The molecule has 1 heterocycles. The van der Waals surface area contributed by atoms with Crippen LogP contribution in [0.2, 0.25) is 0 Å². The number of hydrogen-bond acceptors (Lipinski definition) is 8. The second-order valence-corrected chi connectivity index (χ2v) is 14.5. The molecule has 0 aromatic heterocycles. The molecule has 252 valence electrons. The first-order valence-corrected chi connectivity index (χ1v) is 16.5. The Labute approximate surface area is 274 Å². The summed E-state index contributed by atoms with van der Waals surface area (Å²) in [5.41, 5.74) is 11.7. The Morgan fingerprint density at radius 2 is 1.91 bits per heavy atom. The second kappa shape index (κ2) is 13.2. The molecule has 3 saturated carbocycles. The van der Waals surface area contributed by atoms with E-state index in [0.717, 1.165) is 34.4 Å². The van der Waals surface area contributed by atoms with Gasteiger partial charge in [-0.05, 0) is 90.3 Å². The van der Waals surface area contributed by atoms with Gasteiger partial charge in [-0.2, -0.15) is 5.06 Å². The molecule has 10 heteroatoms. The van der Waals surface area contributed by atoms with Crippen molar-refractivity contribution in [3.63, 3.8) is 0 Å². The molecule has 4 fully saturated rings. The first kappa shape index (κ1) is 34.3. The third kappa shape index (κ3) is 6.18. The molecule has 46 heavy (non-hydrogen) atoms. The molecule has 0 spiro atoms. The number of nitrogens with two attached hydrogens (primary N) is 1. The second-order valence-electron chi connectivity index (χ2n) is 14.5. The predicted octanol–water partition coefficient (Wildman–Crippen LogP) is 3.99. The van der Waals surface area contributed by atoms with Gasteiger partial charge in [0.1, 0.15) is 6.04 Å². The molecule has 8 atom stereocenters. The van der Waals surface area contributed by atoms with Gasteiger partial charge in [0.2, 0.25) is 5.91 Å². The summed E-state index contributed by atoms with van der Waals surface area (Å²) in [5, 5.41) is 17.2. The molecule has 3 aliphatic carbocycles. The first-order chi connectivity index (χ1) is 21.7. The molecule has 10 nitrogen and oxygen atoms in total. The fraction of sp³-hybridized carbons (Fsp3) is 0.611. The summed E-state index contributed by atoms with van der Waals surface area (Å²) in [5.74, 6) is 0.760. The number of aliphatic hydroxyl groups excluding tert-OH is 1. The van der Waals surface area contributed by atoms with Gasteiger partial charge in [0, 0.05) is 50.9 Å². The van der Waals surface area contributed by atoms with Crippen LogP contribution in [0.25, 0.3) is 11.1 Å². The number of rotatable bonds is 10. The molecule has 0 radical (unpaired) electrons. The van der Waals surface area contributed by atoms with E-state index in [1.54, 1.807) is 19.0 Å². The average molecular weight is 636 g/mol. The number of benzene rings is 2. The third-order valence-electron chi connectivity index (χ3n) is 11.4. The highest BCUT2D eigenvalue weighted by molar-refractivity contribution is 5.96. The minimum atomic E-state index is -0.784. The summed E-state index contributed by atoms with van der Waals surface area (Å²) in [4.78, 5) is 40.7. The van der Waals surface area contributed by atoms with Crippen LogP contribution in [0.15, 0.2) is 36.4 Å². The van der Waals surface area contributed by atoms with Crippen LogP contribution in [-0.4, -0.2) is 86.1 Å². The van der Waals surface area contributed by atoms with E-state index in [0.29, 0.717) is 35.3 Å². The quantitative estimate of drug-likeness (QED) is 0.336. The van der Waals surface area contributed by atoms with Crippen molar-refractivity contribution < 1.29 is 24.4 Å². The zero-order chi connectivity index (χ0) is 33.7. The number of nitrogens with zero attached hydrogens (tertiary/aromatic N) is 3. The maximum Gasteiger partial charge on any atom is 0.277 e. The maximum absolute atomic E-state index is 14.1. The Morgan fingerprint density at radius 3 is 2.50 bits per heavy atom. The molecule has 0 unspecified atom stereocenters. The van der Waals surface area contributed by atoms with E-state index in [1.807, 2.05) is 56.3 Å². The number of amides is 2. The fourth-order valence-corrected chi connectivity index (χ4v) is 8.28. The van der Waals surface area contributed by atoms with Gasteiger partial charge >= 0.3 is 0 Å². The topological polar surface area (TPSA) is 121 Å². The van der Waals surface area contributed by atoms with Gasteiger partial charge in [0.05, 0.1) is 25.9 Å². The normalized spacial score (nSPS) is 29.2. The Balaban J connectivity index is 1.44. The number of hydrogen-bond donors (Lipinski definition) is 3. The van der Waals surface area contributed by atoms with Crippen LogP contribution in [0.3, 0.4) is 0 Å². The number of aliphatic hydroxyl groups is 1. The van der Waals surface area contributed by atoms with Crippen LogP contribution in [0.4, 0.5) is 5.69 Å². The molecular weight excluding hydrogens is 582 g/mol. The zero-order valence-electron chi connectivity index (χ0n) is 28.9. The number of anilines is 1. The monoisotopic (exact) mass is 635 g/mol. The standard InChI is InChI=1S/C36H53N5O5/c1-20-23(11-10-12-28(20)24-13-25(35(44)40(8)45-9)15-27(14-24)39(6)7)19-41-33(32(22(3)42)31(18-37)46-41)34(43)38-30-17-26-16-29(21(30)2)36(26,4)5/h10-15,21-22,26,29-33,42H,16-19,37H2,1-9H3,(H,38,43)/t21-,22-,26-,29+,30-,31-,32+,33-/m0/s1. The van der Waals surface area contributed by atoms with Crippen molar-refractivity contribution in [1.82, 2.24) is 15.4 Å². The van der Waals surface area contributed by atoms with E-state index in [1.165, 1.54) is 18.6 Å². The first-order valence-electron chi connectivity index (χ1n) is 16.5. The van der Waals surface area contributed by atoms with Crippen LogP contribution >= 0.6 is 0 Å². The summed E-state index contributed by atoms with van der Waals surface area (Å²) >= 11 is 0. The Hall–Kier alpha value is -3.02. The largest absolute Gasteiger partial charge is 0.393 e. The summed E-state index contributed by atoms with van der Waals surface area (Å²) < 4.78 is 0. The lowest BCUT2D eigenvalue weighted by Crippen LogP contribution is -2.62. The zero-order valence-corrected chi connectivity index (χ0v) is 28.9. The van der Waals surface area contributed by atoms with Gasteiger partial charge in [-0.15, -0.1) is 0 Å². The van der Waals surface area contributed by atoms with Crippen LogP contribution < -0.4 is 16.0 Å². The summed E-state index contributed by atoms with van der Waals surface area (Å²) in [6.07, 6.45) is 0.934. The highest BCUT2D eigenvalue weighted by Gasteiger charge is 2.57. The van der Waals surface area contributed by atoms with Gasteiger partial charge in [0.25, 0.3) is 5.91 Å². The van der Waals surface area contributed by atoms with Gasteiger partial charge < -0.3 is 21.1 Å². The Kier molecular flexibility index (Phi) is 9.88. The molecule has 2 amide bonds. The van der Waals surface area contributed by atoms with Crippen molar-refractivity contribution in [2.24, 2.45) is 34.8 Å². The third-order valence-corrected chi connectivity index (χ3v) is 11.4. The fourth-order valence-electron chi connectivity index (χ4n) is 8.28. The van der Waals surface area contributed by atoms with Gasteiger partial charge in [-0.3, -0.25) is 19.3 Å². The van der Waals surface area contributed by atoms with E-state index < -0.39 is 24.2 Å². The molecule has 4 N–H and O–H groups in total. The lowest BCUT2D eigenvalue weighted by atomic mass is 9.45. The van der Waals surface area contributed by atoms with Crippen molar-refractivity contribution in [3.05, 3.63) is 53.1 Å². The number of hydroxylamine groups is 4. The highest BCUT2D eigenvalue weighted by Crippen LogP contribution is 2.61. The van der Waals surface area contributed by atoms with Crippen LogP contribution in [0.1, 0.15) is 62.0 Å². The molecule has 6 rings (SSSR count).